The third-order valence-corrected chi connectivity index (χ3v) is 3.74. The topological polar surface area (TPSA) is 27.6 Å². The van der Waals surface area contributed by atoms with Crippen molar-refractivity contribution in [1.82, 2.24) is 10.2 Å². The standard InChI is InChI=1S/C15H25N3S/c1-4-5-6-7-8-10-18(3)15(16-2)17-12-14-9-11-19-13-14/h4,9,11,13H,1,5-8,10,12H2,2-3H3,(H,16,17). The maximum absolute atomic E-state index is 4.32. The second-order valence-electron chi connectivity index (χ2n) is 4.59. The van der Waals surface area contributed by atoms with E-state index in [1.807, 2.05) is 13.1 Å². The van der Waals surface area contributed by atoms with Crippen LogP contribution in [0.15, 0.2) is 34.5 Å². The van der Waals surface area contributed by atoms with Gasteiger partial charge in [-0.1, -0.05) is 12.5 Å². The first kappa shape index (κ1) is 15.8. The van der Waals surface area contributed by atoms with E-state index in [0.717, 1.165) is 25.5 Å². The van der Waals surface area contributed by atoms with Crippen LogP contribution in [0.1, 0.15) is 31.2 Å². The fourth-order valence-electron chi connectivity index (χ4n) is 1.88. The maximum atomic E-state index is 4.32. The predicted molar refractivity (Wildman–Crippen MR) is 85.8 cm³/mol. The molecule has 3 nitrogen and oxygen atoms in total. The Morgan fingerprint density at radius 1 is 1.47 bits per heavy atom. The lowest BCUT2D eigenvalue weighted by atomic mass is 10.2. The van der Waals surface area contributed by atoms with Crippen LogP contribution in [-0.4, -0.2) is 31.5 Å². The van der Waals surface area contributed by atoms with Crippen LogP contribution in [0.25, 0.3) is 0 Å². The van der Waals surface area contributed by atoms with E-state index < -0.39 is 0 Å². The summed E-state index contributed by atoms with van der Waals surface area (Å²) in [5.41, 5.74) is 1.31. The molecule has 0 fully saturated rings. The summed E-state index contributed by atoms with van der Waals surface area (Å²) >= 11 is 1.73. The summed E-state index contributed by atoms with van der Waals surface area (Å²) in [6.07, 6.45) is 6.79. The summed E-state index contributed by atoms with van der Waals surface area (Å²) in [6, 6.07) is 2.14. The van der Waals surface area contributed by atoms with E-state index in [9.17, 15) is 0 Å². The summed E-state index contributed by atoms with van der Waals surface area (Å²) in [7, 11) is 3.93. The summed E-state index contributed by atoms with van der Waals surface area (Å²) in [6.45, 7) is 5.63. The van der Waals surface area contributed by atoms with Crippen LogP contribution in [-0.2, 0) is 6.54 Å². The summed E-state index contributed by atoms with van der Waals surface area (Å²) in [5.74, 6) is 0.968. The molecule has 0 atom stereocenters. The zero-order valence-electron chi connectivity index (χ0n) is 12.1. The molecule has 0 aliphatic heterocycles. The number of hydrogen-bond donors (Lipinski definition) is 1. The van der Waals surface area contributed by atoms with Gasteiger partial charge in [0.25, 0.3) is 0 Å². The molecule has 0 saturated heterocycles. The second kappa shape index (κ2) is 9.62. The highest BCUT2D eigenvalue weighted by Crippen LogP contribution is 2.05. The van der Waals surface area contributed by atoms with E-state index in [2.05, 4.69) is 45.7 Å². The van der Waals surface area contributed by atoms with E-state index in [-0.39, 0.29) is 0 Å². The van der Waals surface area contributed by atoms with E-state index in [0.29, 0.717) is 0 Å². The number of rotatable bonds is 8. The summed E-state index contributed by atoms with van der Waals surface area (Å²) in [4.78, 5) is 6.52. The molecule has 106 valence electrons. The average molecular weight is 279 g/mol. The number of thiophene rings is 1. The third kappa shape index (κ3) is 6.43. The number of aliphatic imine (C=N–C) groups is 1. The van der Waals surface area contributed by atoms with Gasteiger partial charge in [0, 0.05) is 27.2 Å². The van der Waals surface area contributed by atoms with E-state index in [4.69, 9.17) is 0 Å². The molecule has 1 rings (SSSR count). The van der Waals surface area contributed by atoms with Gasteiger partial charge >= 0.3 is 0 Å². The normalized spacial score (nSPS) is 11.4. The molecule has 19 heavy (non-hydrogen) atoms. The van der Waals surface area contributed by atoms with Crippen molar-refractivity contribution in [3.05, 3.63) is 35.0 Å². The lowest BCUT2D eigenvalue weighted by Gasteiger charge is -2.21. The molecule has 0 aromatic carbocycles. The number of allylic oxidation sites excluding steroid dienone is 1. The SMILES string of the molecule is C=CCCCCCN(C)C(=NC)NCc1ccsc1. The lowest BCUT2D eigenvalue weighted by molar-refractivity contribution is 0.455. The van der Waals surface area contributed by atoms with Crippen LogP contribution in [0.3, 0.4) is 0 Å². The van der Waals surface area contributed by atoms with Gasteiger partial charge in [-0.25, -0.2) is 0 Å². The molecular weight excluding hydrogens is 254 g/mol. The van der Waals surface area contributed by atoms with Crippen molar-refractivity contribution >= 4 is 17.3 Å². The minimum absolute atomic E-state index is 0.844. The van der Waals surface area contributed by atoms with Crippen LogP contribution in [0.4, 0.5) is 0 Å². The lowest BCUT2D eigenvalue weighted by Crippen LogP contribution is -2.38. The van der Waals surface area contributed by atoms with Crippen molar-refractivity contribution in [1.29, 1.82) is 0 Å². The molecule has 1 heterocycles. The fourth-order valence-corrected chi connectivity index (χ4v) is 2.55. The van der Waals surface area contributed by atoms with Crippen LogP contribution in [0.5, 0.6) is 0 Å². The van der Waals surface area contributed by atoms with E-state index in [1.54, 1.807) is 11.3 Å². The van der Waals surface area contributed by atoms with E-state index >= 15 is 0 Å². The molecule has 1 aromatic heterocycles. The Labute approximate surface area is 121 Å². The second-order valence-corrected chi connectivity index (χ2v) is 5.37. The molecule has 0 saturated carbocycles. The van der Waals surface area contributed by atoms with Crippen LogP contribution in [0.2, 0.25) is 0 Å². The molecule has 0 amide bonds. The Kier molecular flexibility index (Phi) is 7.98. The van der Waals surface area contributed by atoms with Crippen molar-refractivity contribution in [2.75, 3.05) is 20.6 Å². The molecular formula is C15H25N3S. The van der Waals surface area contributed by atoms with Crippen molar-refractivity contribution < 1.29 is 0 Å². The highest BCUT2D eigenvalue weighted by atomic mass is 32.1. The van der Waals surface area contributed by atoms with Crippen molar-refractivity contribution in [2.24, 2.45) is 4.99 Å². The van der Waals surface area contributed by atoms with Gasteiger partial charge in [0.1, 0.15) is 0 Å². The molecule has 1 aromatic rings. The zero-order chi connectivity index (χ0) is 13.9. The van der Waals surface area contributed by atoms with Crippen molar-refractivity contribution in [2.45, 2.75) is 32.2 Å². The Morgan fingerprint density at radius 3 is 2.95 bits per heavy atom. The Bertz CT molecular complexity index is 371. The predicted octanol–water partition coefficient (Wildman–Crippen LogP) is 3.50. The number of guanidine groups is 1. The van der Waals surface area contributed by atoms with Gasteiger partial charge in [-0.3, -0.25) is 4.99 Å². The molecule has 0 bridgehead atoms. The monoisotopic (exact) mass is 279 g/mol. The summed E-state index contributed by atoms with van der Waals surface area (Å²) < 4.78 is 0. The molecule has 0 aliphatic rings. The molecule has 4 heteroatoms. The molecule has 1 N–H and O–H groups in total. The van der Waals surface area contributed by atoms with Crippen LogP contribution < -0.4 is 5.32 Å². The van der Waals surface area contributed by atoms with Crippen molar-refractivity contribution in [3.8, 4) is 0 Å². The Morgan fingerprint density at radius 2 is 2.32 bits per heavy atom. The first-order valence-electron chi connectivity index (χ1n) is 6.81. The van der Waals surface area contributed by atoms with Crippen LogP contribution in [0, 0.1) is 0 Å². The zero-order valence-corrected chi connectivity index (χ0v) is 12.9. The highest BCUT2D eigenvalue weighted by molar-refractivity contribution is 7.07. The van der Waals surface area contributed by atoms with Gasteiger partial charge in [0.2, 0.25) is 0 Å². The Hall–Kier alpha value is -1.29. The minimum atomic E-state index is 0.844. The first-order valence-corrected chi connectivity index (χ1v) is 7.76. The van der Waals surface area contributed by atoms with Crippen LogP contribution >= 0.6 is 11.3 Å². The van der Waals surface area contributed by atoms with Gasteiger partial charge in [0.15, 0.2) is 5.96 Å². The van der Waals surface area contributed by atoms with Crippen molar-refractivity contribution in [3.63, 3.8) is 0 Å². The number of hydrogen-bond acceptors (Lipinski definition) is 2. The van der Waals surface area contributed by atoms with Gasteiger partial charge in [-0.15, -0.1) is 6.58 Å². The van der Waals surface area contributed by atoms with Gasteiger partial charge in [0.05, 0.1) is 0 Å². The number of nitrogens with zero attached hydrogens (tertiary/aromatic N) is 2. The molecule has 0 spiro atoms. The highest BCUT2D eigenvalue weighted by Gasteiger charge is 2.05. The minimum Gasteiger partial charge on any atom is -0.352 e. The Balaban J connectivity index is 2.23. The van der Waals surface area contributed by atoms with E-state index in [1.165, 1.54) is 24.8 Å². The quantitative estimate of drug-likeness (QED) is 0.341. The molecule has 0 radical (unpaired) electrons. The van der Waals surface area contributed by atoms with Gasteiger partial charge in [-0.05, 0) is 41.7 Å². The third-order valence-electron chi connectivity index (χ3n) is 3.01. The fraction of sp³-hybridized carbons (Fsp3) is 0.533. The molecule has 0 unspecified atom stereocenters. The average Bonchev–Trinajstić information content (AvgIpc) is 2.92. The largest absolute Gasteiger partial charge is 0.352 e. The smallest absolute Gasteiger partial charge is 0.193 e. The van der Waals surface area contributed by atoms with Gasteiger partial charge < -0.3 is 10.2 Å². The molecule has 0 aliphatic carbocycles. The summed E-state index contributed by atoms with van der Waals surface area (Å²) in [5, 5.41) is 7.65. The first-order chi connectivity index (χ1) is 9.27. The number of unbranched alkanes of at least 4 members (excludes halogenated alkanes) is 3. The number of nitrogens with one attached hydrogen (secondary N) is 1. The maximum Gasteiger partial charge on any atom is 0.193 e. The van der Waals surface area contributed by atoms with Gasteiger partial charge in [-0.2, -0.15) is 11.3 Å².